The summed E-state index contributed by atoms with van der Waals surface area (Å²) in [4.78, 5) is 14.2. The van der Waals surface area contributed by atoms with Gasteiger partial charge in [-0.3, -0.25) is 9.69 Å². The molecule has 4 heteroatoms. The van der Waals surface area contributed by atoms with Gasteiger partial charge in [0.25, 0.3) is 5.56 Å². The molecule has 1 saturated carbocycles. The smallest absolute Gasteiger partial charge is 0.250 e. The Morgan fingerprint density at radius 3 is 2.83 bits per heavy atom. The minimum absolute atomic E-state index is 0.0374. The highest BCUT2D eigenvalue weighted by Crippen LogP contribution is 2.26. The van der Waals surface area contributed by atoms with Gasteiger partial charge < -0.3 is 10.3 Å². The molecule has 0 saturated heterocycles. The highest BCUT2D eigenvalue weighted by Gasteiger charge is 2.27. The summed E-state index contributed by atoms with van der Waals surface area (Å²) in [5.41, 5.74) is 6.40. The summed E-state index contributed by atoms with van der Waals surface area (Å²) in [7, 11) is 0. The summed E-state index contributed by atoms with van der Waals surface area (Å²) in [5.74, 6) is 0. The van der Waals surface area contributed by atoms with Crippen LogP contribution in [0.1, 0.15) is 32.6 Å². The third kappa shape index (κ3) is 3.60. The number of aromatic nitrogens is 1. The molecule has 0 aromatic carbocycles. The number of hydrogen-bond acceptors (Lipinski definition) is 3. The van der Waals surface area contributed by atoms with Crippen molar-refractivity contribution in [3.63, 3.8) is 0 Å². The fourth-order valence-electron chi connectivity index (χ4n) is 2.24. The fourth-order valence-corrected chi connectivity index (χ4v) is 2.24. The van der Waals surface area contributed by atoms with Crippen molar-refractivity contribution in [2.45, 2.75) is 45.2 Å². The first kappa shape index (κ1) is 13.1. The molecule has 0 radical (unpaired) electrons. The van der Waals surface area contributed by atoms with Gasteiger partial charge in [0.2, 0.25) is 0 Å². The normalized spacial score (nSPS) is 15.2. The molecule has 0 unspecified atom stereocenters. The summed E-state index contributed by atoms with van der Waals surface area (Å²) in [5, 5.41) is 0. The van der Waals surface area contributed by atoms with Crippen molar-refractivity contribution in [1.29, 1.82) is 0 Å². The Morgan fingerprint density at radius 1 is 1.39 bits per heavy atom. The van der Waals surface area contributed by atoms with Gasteiger partial charge in [-0.05, 0) is 31.9 Å². The monoisotopic (exact) mass is 249 g/mol. The van der Waals surface area contributed by atoms with Crippen LogP contribution in [0, 0.1) is 0 Å². The number of rotatable bonds is 7. The predicted octanol–water partition coefficient (Wildman–Crippen LogP) is 1.70. The van der Waals surface area contributed by atoms with E-state index in [0.717, 1.165) is 25.7 Å². The van der Waals surface area contributed by atoms with Crippen LogP contribution >= 0.6 is 0 Å². The Balaban J connectivity index is 1.92. The third-order valence-electron chi connectivity index (χ3n) is 3.50. The number of pyridine rings is 1. The van der Waals surface area contributed by atoms with Gasteiger partial charge in [-0.25, -0.2) is 0 Å². The maximum Gasteiger partial charge on any atom is 0.250 e. The highest BCUT2D eigenvalue weighted by atomic mass is 16.1. The lowest BCUT2D eigenvalue weighted by atomic mass is 10.3. The summed E-state index contributed by atoms with van der Waals surface area (Å²) >= 11 is 0. The molecule has 0 aliphatic heterocycles. The van der Waals surface area contributed by atoms with Crippen LogP contribution in [0.2, 0.25) is 0 Å². The zero-order chi connectivity index (χ0) is 13.0. The Kier molecular flexibility index (Phi) is 4.42. The number of nitrogens with two attached hydrogens (primary N) is 1. The number of anilines is 1. The van der Waals surface area contributed by atoms with E-state index >= 15 is 0 Å². The van der Waals surface area contributed by atoms with Crippen LogP contribution in [-0.4, -0.2) is 28.6 Å². The van der Waals surface area contributed by atoms with Crippen LogP contribution in [0.4, 0.5) is 5.69 Å². The van der Waals surface area contributed by atoms with Crippen molar-refractivity contribution in [2.75, 3.05) is 18.8 Å². The first-order valence-corrected chi connectivity index (χ1v) is 6.90. The predicted molar refractivity (Wildman–Crippen MR) is 74.6 cm³/mol. The number of unbranched alkanes of at least 4 members (excludes halogenated alkanes) is 1. The van der Waals surface area contributed by atoms with Crippen LogP contribution in [0.5, 0.6) is 0 Å². The average molecular weight is 249 g/mol. The minimum Gasteiger partial charge on any atom is -0.398 e. The van der Waals surface area contributed by atoms with Gasteiger partial charge in [-0.1, -0.05) is 13.3 Å². The molecule has 0 bridgehead atoms. The van der Waals surface area contributed by atoms with Gasteiger partial charge in [0, 0.05) is 37.1 Å². The fraction of sp³-hybridized carbons (Fsp3) is 0.643. The largest absolute Gasteiger partial charge is 0.398 e. The van der Waals surface area contributed by atoms with Gasteiger partial charge >= 0.3 is 0 Å². The van der Waals surface area contributed by atoms with Crippen molar-refractivity contribution in [1.82, 2.24) is 9.47 Å². The average Bonchev–Trinajstić information content (AvgIpc) is 3.17. The molecular weight excluding hydrogens is 226 g/mol. The maximum atomic E-state index is 11.7. The summed E-state index contributed by atoms with van der Waals surface area (Å²) in [6.07, 6.45) is 6.84. The lowest BCUT2D eigenvalue weighted by Gasteiger charge is -2.22. The van der Waals surface area contributed by atoms with Gasteiger partial charge in [-0.15, -0.1) is 0 Å². The van der Waals surface area contributed by atoms with Gasteiger partial charge in [0.05, 0.1) is 0 Å². The molecular formula is C14H23N3O. The quantitative estimate of drug-likeness (QED) is 0.800. The van der Waals surface area contributed by atoms with Gasteiger partial charge in [-0.2, -0.15) is 0 Å². The van der Waals surface area contributed by atoms with Crippen LogP contribution in [-0.2, 0) is 6.54 Å². The van der Waals surface area contributed by atoms with E-state index in [9.17, 15) is 4.79 Å². The zero-order valence-corrected chi connectivity index (χ0v) is 11.1. The lowest BCUT2D eigenvalue weighted by Crippen LogP contribution is -2.33. The van der Waals surface area contributed by atoms with E-state index < -0.39 is 0 Å². The molecule has 100 valence electrons. The van der Waals surface area contributed by atoms with Crippen LogP contribution in [0.25, 0.3) is 0 Å². The van der Waals surface area contributed by atoms with Crippen LogP contribution in [0.3, 0.4) is 0 Å². The minimum atomic E-state index is 0.0374. The molecule has 18 heavy (non-hydrogen) atoms. The first-order chi connectivity index (χ1) is 8.70. The molecule has 0 atom stereocenters. The highest BCUT2D eigenvalue weighted by molar-refractivity contribution is 5.33. The molecule has 4 nitrogen and oxygen atoms in total. The Bertz CT molecular complexity index is 437. The SMILES string of the molecule is CCCCN(CCn1cc(N)ccc1=O)C1CC1. The Labute approximate surface area is 108 Å². The number of nitrogen functional groups attached to an aromatic ring is 1. The van der Waals surface area contributed by atoms with E-state index in [-0.39, 0.29) is 5.56 Å². The zero-order valence-electron chi connectivity index (χ0n) is 11.1. The van der Waals surface area contributed by atoms with Crippen LogP contribution in [0.15, 0.2) is 23.1 Å². The molecule has 0 amide bonds. The second-order valence-corrected chi connectivity index (χ2v) is 5.11. The molecule has 1 heterocycles. The second kappa shape index (κ2) is 6.05. The third-order valence-corrected chi connectivity index (χ3v) is 3.50. The van der Waals surface area contributed by atoms with E-state index in [2.05, 4.69) is 11.8 Å². The summed E-state index contributed by atoms with van der Waals surface area (Å²) in [6, 6.07) is 3.96. The maximum absolute atomic E-state index is 11.7. The molecule has 0 spiro atoms. The summed E-state index contributed by atoms with van der Waals surface area (Å²) < 4.78 is 1.72. The number of nitrogens with zero attached hydrogens (tertiary/aromatic N) is 2. The standard InChI is InChI=1S/C14H23N3O/c1-2-3-8-16(13-5-6-13)9-10-17-11-12(15)4-7-14(17)18/h4,7,11,13H,2-3,5-6,8-10,15H2,1H3. The Morgan fingerprint density at radius 2 is 2.17 bits per heavy atom. The summed E-state index contributed by atoms with van der Waals surface area (Å²) in [6.45, 7) is 5.06. The van der Waals surface area contributed by atoms with Gasteiger partial charge in [0.15, 0.2) is 0 Å². The van der Waals surface area contributed by atoms with E-state index in [1.54, 1.807) is 22.9 Å². The molecule has 1 aromatic rings. The molecule has 2 rings (SSSR count). The Hall–Kier alpha value is -1.29. The molecule has 1 aromatic heterocycles. The van der Waals surface area contributed by atoms with E-state index in [1.807, 2.05) is 0 Å². The van der Waals surface area contributed by atoms with Crippen molar-refractivity contribution in [3.05, 3.63) is 28.7 Å². The second-order valence-electron chi connectivity index (χ2n) is 5.11. The van der Waals surface area contributed by atoms with E-state index in [0.29, 0.717) is 5.69 Å². The van der Waals surface area contributed by atoms with Crippen molar-refractivity contribution in [2.24, 2.45) is 0 Å². The first-order valence-electron chi connectivity index (χ1n) is 6.90. The van der Waals surface area contributed by atoms with Gasteiger partial charge in [0.1, 0.15) is 0 Å². The lowest BCUT2D eigenvalue weighted by molar-refractivity contribution is 0.248. The molecule has 1 aliphatic carbocycles. The molecule has 1 fully saturated rings. The van der Waals surface area contributed by atoms with E-state index in [4.69, 9.17) is 5.73 Å². The van der Waals surface area contributed by atoms with Crippen molar-refractivity contribution < 1.29 is 0 Å². The van der Waals surface area contributed by atoms with Crippen molar-refractivity contribution >= 4 is 5.69 Å². The van der Waals surface area contributed by atoms with E-state index in [1.165, 1.54) is 25.7 Å². The van der Waals surface area contributed by atoms with Crippen LogP contribution < -0.4 is 11.3 Å². The molecule has 2 N–H and O–H groups in total. The number of hydrogen-bond donors (Lipinski definition) is 1. The molecule has 1 aliphatic rings. The topological polar surface area (TPSA) is 51.3 Å². The van der Waals surface area contributed by atoms with Crippen molar-refractivity contribution in [3.8, 4) is 0 Å².